The van der Waals surface area contributed by atoms with Gasteiger partial charge in [0.1, 0.15) is 0 Å². The van der Waals surface area contributed by atoms with E-state index in [4.69, 9.17) is 0 Å². The van der Waals surface area contributed by atoms with Gasteiger partial charge >= 0.3 is 5.97 Å². The number of benzene rings is 1. The lowest BCUT2D eigenvalue weighted by Gasteiger charge is -2.36. The lowest BCUT2D eigenvalue weighted by molar-refractivity contribution is -0.157. The van der Waals surface area contributed by atoms with Crippen molar-refractivity contribution in [2.45, 2.75) is 63.8 Å². The Morgan fingerprint density at radius 3 is 2.19 bits per heavy atom. The van der Waals surface area contributed by atoms with Crippen molar-refractivity contribution in [2.75, 3.05) is 5.32 Å². The van der Waals surface area contributed by atoms with Crippen molar-refractivity contribution in [3.63, 3.8) is 0 Å². The maximum absolute atomic E-state index is 12.3. The predicted molar refractivity (Wildman–Crippen MR) is 97.9 cm³/mol. The van der Waals surface area contributed by atoms with E-state index in [2.05, 4.69) is 10.6 Å². The number of nitrogens with one attached hydrogen (secondary N) is 2. The van der Waals surface area contributed by atoms with Gasteiger partial charge in [0, 0.05) is 23.7 Å². The Labute approximate surface area is 153 Å². The Balaban J connectivity index is 1.53. The third-order valence-electron chi connectivity index (χ3n) is 5.63. The molecule has 2 fully saturated rings. The van der Waals surface area contributed by atoms with Gasteiger partial charge in [-0.05, 0) is 49.9 Å². The molecule has 0 atom stereocenters. The Kier molecular flexibility index (Phi) is 5.59. The van der Waals surface area contributed by atoms with Crippen molar-refractivity contribution >= 4 is 23.5 Å². The highest BCUT2D eigenvalue weighted by Crippen LogP contribution is 2.44. The van der Waals surface area contributed by atoms with Crippen LogP contribution in [0.25, 0.3) is 0 Å². The standard InChI is InChI=1S/C20H26N2O4/c23-17(13-20(19(25)26)11-4-12-20)21-16-9-7-14(8-10-16)18(24)22-15-5-2-1-3-6-15/h7-10,15H,1-6,11-13H2,(H,21,23)(H,22,24)(H,25,26). The fourth-order valence-corrected chi connectivity index (χ4v) is 3.80. The van der Waals surface area contributed by atoms with E-state index in [0.717, 1.165) is 32.1 Å². The van der Waals surface area contributed by atoms with E-state index < -0.39 is 11.4 Å². The minimum absolute atomic E-state index is 0.00769. The molecular formula is C20H26N2O4. The minimum atomic E-state index is -0.899. The number of hydrogen-bond donors (Lipinski definition) is 3. The highest BCUT2D eigenvalue weighted by atomic mass is 16.4. The fourth-order valence-electron chi connectivity index (χ4n) is 3.80. The van der Waals surface area contributed by atoms with Crippen molar-refractivity contribution in [3.05, 3.63) is 29.8 Å². The van der Waals surface area contributed by atoms with Gasteiger partial charge in [-0.25, -0.2) is 0 Å². The van der Waals surface area contributed by atoms with Crippen LogP contribution in [0.1, 0.15) is 68.1 Å². The average Bonchev–Trinajstić information content (AvgIpc) is 2.59. The van der Waals surface area contributed by atoms with E-state index in [-0.39, 0.29) is 24.3 Å². The van der Waals surface area contributed by atoms with Gasteiger partial charge in [0.15, 0.2) is 0 Å². The third-order valence-corrected chi connectivity index (χ3v) is 5.63. The summed E-state index contributed by atoms with van der Waals surface area (Å²) >= 11 is 0. The van der Waals surface area contributed by atoms with E-state index in [1.54, 1.807) is 24.3 Å². The largest absolute Gasteiger partial charge is 0.481 e. The fraction of sp³-hybridized carbons (Fsp3) is 0.550. The lowest BCUT2D eigenvalue weighted by Crippen LogP contribution is -2.41. The molecule has 2 aliphatic rings. The molecule has 0 unspecified atom stereocenters. The van der Waals surface area contributed by atoms with Gasteiger partial charge in [-0.15, -0.1) is 0 Å². The Morgan fingerprint density at radius 2 is 1.65 bits per heavy atom. The van der Waals surface area contributed by atoms with Crippen LogP contribution in [0.2, 0.25) is 0 Å². The normalized spacial score (nSPS) is 19.2. The Bertz CT molecular complexity index is 674. The first kappa shape index (κ1) is 18.4. The molecule has 0 aliphatic heterocycles. The first-order valence-electron chi connectivity index (χ1n) is 9.43. The molecule has 140 valence electrons. The number of carbonyl (C=O) groups is 3. The number of carbonyl (C=O) groups excluding carboxylic acids is 2. The maximum Gasteiger partial charge on any atom is 0.310 e. The SMILES string of the molecule is O=C(CC1(C(=O)O)CCC1)Nc1ccc(C(=O)NC2CCCCC2)cc1. The van der Waals surface area contributed by atoms with E-state index in [1.807, 2.05) is 0 Å². The predicted octanol–water partition coefficient (Wildman–Crippen LogP) is 3.33. The molecule has 2 aliphatic carbocycles. The van der Waals surface area contributed by atoms with Gasteiger partial charge in [0.05, 0.1) is 5.41 Å². The average molecular weight is 358 g/mol. The number of carboxylic acids is 1. The van der Waals surface area contributed by atoms with E-state index >= 15 is 0 Å². The van der Waals surface area contributed by atoms with E-state index in [1.165, 1.54) is 6.42 Å². The van der Waals surface area contributed by atoms with Crippen LogP contribution in [0.5, 0.6) is 0 Å². The van der Waals surface area contributed by atoms with Crippen LogP contribution >= 0.6 is 0 Å². The summed E-state index contributed by atoms with van der Waals surface area (Å²) in [4.78, 5) is 35.8. The number of anilines is 1. The zero-order valence-corrected chi connectivity index (χ0v) is 14.9. The van der Waals surface area contributed by atoms with E-state index in [0.29, 0.717) is 24.1 Å². The van der Waals surface area contributed by atoms with Crippen LogP contribution in [0, 0.1) is 5.41 Å². The molecule has 26 heavy (non-hydrogen) atoms. The van der Waals surface area contributed by atoms with Crippen LogP contribution < -0.4 is 10.6 Å². The van der Waals surface area contributed by atoms with Gasteiger partial charge in [0.2, 0.25) is 5.91 Å². The highest BCUT2D eigenvalue weighted by molar-refractivity contribution is 5.97. The second-order valence-electron chi connectivity index (χ2n) is 7.55. The second-order valence-corrected chi connectivity index (χ2v) is 7.55. The number of aliphatic carboxylic acids is 1. The van der Waals surface area contributed by atoms with Gasteiger partial charge in [-0.2, -0.15) is 0 Å². The molecule has 1 aromatic carbocycles. The molecule has 2 saturated carbocycles. The molecule has 0 bridgehead atoms. The van der Waals surface area contributed by atoms with Crippen LogP contribution in [-0.4, -0.2) is 28.9 Å². The summed E-state index contributed by atoms with van der Waals surface area (Å²) in [5.74, 6) is -1.28. The molecule has 0 radical (unpaired) electrons. The summed E-state index contributed by atoms with van der Waals surface area (Å²) in [7, 11) is 0. The molecule has 0 spiro atoms. The van der Waals surface area contributed by atoms with Crippen LogP contribution in [0.3, 0.4) is 0 Å². The molecule has 0 heterocycles. The van der Waals surface area contributed by atoms with Gasteiger partial charge in [-0.1, -0.05) is 25.7 Å². The maximum atomic E-state index is 12.3. The minimum Gasteiger partial charge on any atom is -0.481 e. The third kappa shape index (κ3) is 4.23. The summed E-state index contributed by atoms with van der Waals surface area (Å²) < 4.78 is 0. The van der Waals surface area contributed by atoms with Gasteiger partial charge in [-0.3, -0.25) is 14.4 Å². The van der Waals surface area contributed by atoms with Crippen molar-refractivity contribution in [3.8, 4) is 0 Å². The molecule has 0 saturated heterocycles. The van der Waals surface area contributed by atoms with Crippen molar-refractivity contribution in [1.29, 1.82) is 0 Å². The van der Waals surface area contributed by atoms with Crippen molar-refractivity contribution < 1.29 is 19.5 Å². The van der Waals surface area contributed by atoms with Gasteiger partial charge < -0.3 is 15.7 Å². The molecule has 6 nitrogen and oxygen atoms in total. The number of hydrogen-bond acceptors (Lipinski definition) is 3. The number of amides is 2. The second kappa shape index (κ2) is 7.89. The Morgan fingerprint density at radius 1 is 1.00 bits per heavy atom. The monoisotopic (exact) mass is 358 g/mol. The van der Waals surface area contributed by atoms with Crippen molar-refractivity contribution in [1.82, 2.24) is 5.32 Å². The highest BCUT2D eigenvalue weighted by Gasteiger charge is 2.45. The van der Waals surface area contributed by atoms with Crippen LogP contribution in [0.4, 0.5) is 5.69 Å². The molecule has 1 aromatic rings. The Hall–Kier alpha value is -2.37. The smallest absolute Gasteiger partial charge is 0.310 e. The van der Waals surface area contributed by atoms with E-state index in [9.17, 15) is 19.5 Å². The molecule has 2 amide bonds. The lowest BCUT2D eigenvalue weighted by atomic mass is 9.66. The zero-order chi connectivity index (χ0) is 18.6. The molecule has 0 aromatic heterocycles. The first-order valence-corrected chi connectivity index (χ1v) is 9.43. The summed E-state index contributed by atoms with van der Waals surface area (Å²) in [5.41, 5.74) is 0.239. The summed E-state index contributed by atoms with van der Waals surface area (Å²) in [6.45, 7) is 0. The molecule has 3 N–H and O–H groups in total. The van der Waals surface area contributed by atoms with Crippen LogP contribution in [0.15, 0.2) is 24.3 Å². The zero-order valence-electron chi connectivity index (χ0n) is 14.9. The summed E-state index contributed by atoms with van der Waals surface area (Å²) in [6.07, 6.45) is 7.57. The van der Waals surface area contributed by atoms with Crippen LogP contribution in [-0.2, 0) is 9.59 Å². The molecule has 3 rings (SSSR count). The topological polar surface area (TPSA) is 95.5 Å². The quantitative estimate of drug-likeness (QED) is 0.727. The summed E-state index contributed by atoms with van der Waals surface area (Å²) in [5, 5.41) is 15.1. The summed E-state index contributed by atoms with van der Waals surface area (Å²) in [6, 6.07) is 6.99. The van der Waals surface area contributed by atoms with Gasteiger partial charge in [0.25, 0.3) is 5.91 Å². The number of carboxylic acid groups (broad SMARTS) is 1. The van der Waals surface area contributed by atoms with Crippen molar-refractivity contribution in [2.24, 2.45) is 5.41 Å². The molecule has 6 heteroatoms. The molecular weight excluding hydrogens is 332 g/mol. The first-order chi connectivity index (χ1) is 12.5. The number of rotatable bonds is 6.